The van der Waals surface area contributed by atoms with Gasteiger partial charge in [0, 0.05) is 6.20 Å². The van der Waals surface area contributed by atoms with E-state index in [4.69, 9.17) is 16.6 Å². The molecule has 0 rings (SSSR count). The SMILES string of the molecule is CC(N)(/C(=C\N)C(=O)O)C(F)(F)F. The van der Waals surface area contributed by atoms with Crippen molar-refractivity contribution in [3.05, 3.63) is 11.8 Å². The number of carbonyl (C=O) groups is 1. The minimum Gasteiger partial charge on any atom is -0.478 e. The van der Waals surface area contributed by atoms with E-state index in [1.54, 1.807) is 0 Å². The number of carboxylic acids is 1. The van der Waals surface area contributed by atoms with Crippen molar-refractivity contribution >= 4 is 5.97 Å². The topological polar surface area (TPSA) is 89.3 Å². The summed E-state index contributed by atoms with van der Waals surface area (Å²) in [6, 6.07) is 0. The summed E-state index contributed by atoms with van der Waals surface area (Å²) < 4.78 is 36.4. The number of aliphatic carboxylic acids is 1. The molecular formula is C6H9F3N2O2. The molecule has 4 nitrogen and oxygen atoms in total. The summed E-state index contributed by atoms with van der Waals surface area (Å²) in [4.78, 5) is 10.3. The van der Waals surface area contributed by atoms with Gasteiger partial charge in [-0.2, -0.15) is 13.2 Å². The Morgan fingerprint density at radius 3 is 1.92 bits per heavy atom. The monoisotopic (exact) mass is 198 g/mol. The van der Waals surface area contributed by atoms with Crippen molar-refractivity contribution in [1.82, 2.24) is 0 Å². The maximum atomic E-state index is 12.1. The number of alkyl halides is 3. The molecule has 0 bridgehead atoms. The summed E-state index contributed by atoms with van der Waals surface area (Å²) in [7, 11) is 0. The largest absolute Gasteiger partial charge is 0.478 e. The molecule has 7 heteroatoms. The van der Waals surface area contributed by atoms with E-state index in [9.17, 15) is 18.0 Å². The van der Waals surface area contributed by atoms with Gasteiger partial charge in [0.2, 0.25) is 0 Å². The first kappa shape index (κ1) is 11.8. The molecule has 0 heterocycles. The van der Waals surface area contributed by atoms with Crippen LogP contribution in [0.3, 0.4) is 0 Å². The van der Waals surface area contributed by atoms with Crippen LogP contribution < -0.4 is 11.5 Å². The third kappa shape index (κ3) is 2.11. The average Bonchev–Trinajstić information content (AvgIpc) is 1.83. The zero-order valence-electron chi connectivity index (χ0n) is 6.72. The van der Waals surface area contributed by atoms with Gasteiger partial charge in [-0.3, -0.25) is 0 Å². The molecule has 76 valence electrons. The van der Waals surface area contributed by atoms with Gasteiger partial charge in [-0.15, -0.1) is 0 Å². The van der Waals surface area contributed by atoms with Gasteiger partial charge in [0.15, 0.2) is 0 Å². The standard InChI is InChI=1S/C6H9F3N2O2/c1-5(11,6(7,8)9)3(2-10)4(12)13/h2H,10-11H2,1H3,(H,12,13)/b3-2-. The van der Waals surface area contributed by atoms with Gasteiger partial charge in [-0.25, -0.2) is 4.79 Å². The number of nitrogens with two attached hydrogens (primary N) is 2. The summed E-state index contributed by atoms with van der Waals surface area (Å²) in [6.45, 7) is 0.541. The van der Waals surface area contributed by atoms with Crippen LogP contribution in [0.5, 0.6) is 0 Å². The van der Waals surface area contributed by atoms with Crippen LogP contribution in [0.1, 0.15) is 6.92 Å². The molecule has 0 fully saturated rings. The van der Waals surface area contributed by atoms with E-state index in [1.165, 1.54) is 0 Å². The molecule has 1 unspecified atom stereocenters. The van der Waals surface area contributed by atoms with Gasteiger partial charge in [-0.1, -0.05) is 0 Å². The summed E-state index contributed by atoms with van der Waals surface area (Å²) >= 11 is 0. The Balaban J connectivity index is 5.15. The van der Waals surface area contributed by atoms with Gasteiger partial charge in [0.25, 0.3) is 0 Å². The van der Waals surface area contributed by atoms with Crippen LogP contribution in [0.2, 0.25) is 0 Å². The minimum atomic E-state index is -4.85. The molecule has 1 atom stereocenters. The number of hydrogen-bond donors (Lipinski definition) is 3. The summed E-state index contributed by atoms with van der Waals surface area (Å²) in [5.41, 5.74) is 5.51. The van der Waals surface area contributed by atoms with E-state index in [0.29, 0.717) is 13.1 Å². The first-order valence-corrected chi connectivity index (χ1v) is 3.16. The second kappa shape index (κ2) is 3.25. The molecule has 0 aliphatic carbocycles. The second-order valence-corrected chi connectivity index (χ2v) is 2.59. The molecule has 0 amide bonds. The highest BCUT2D eigenvalue weighted by molar-refractivity contribution is 5.89. The summed E-state index contributed by atoms with van der Waals surface area (Å²) in [5, 5.41) is 8.34. The highest BCUT2D eigenvalue weighted by Gasteiger charge is 2.52. The van der Waals surface area contributed by atoms with Crippen LogP contribution in [0.25, 0.3) is 0 Å². The third-order valence-corrected chi connectivity index (χ3v) is 1.55. The van der Waals surface area contributed by atoms with Crippen molar-refractivity contribution in [2.75, 3.05) is 0 Å². The zero-order valence-corrected chi connectivity index (χ0v) is 6.72. The van der Waals surface area contributed by atoms with Gasteiger partial charge in [0.1, 0.15) is 5.54 Å². The first-order chi connectivity index (χ1) is 5.64. The second-order valence-electron chi connectivity index (χ2n) is 2.59. The van der Waals surface area contributed by atoms with Crippen LogP contribution >= 0.6 is 0 Å². The van der Waals surface area contributed by atoms with E-state index in [-0.39, 0.29) is 0 Å². The molecule has 0 aromatic carbocycles. The van der Waals surface area contributed by atoms with E-state index < -0.39 is 23.3 Å². The van der Waals surface area contributed by atoms with E-state index in [1.807, 2.05) is 0 Å². The molecule has 0 spiro atoms. The van der Waals surface area contributed by atoms with Crippen molar-refractivity contribution < 1.29 is 23.1 Å². The highest BCUT2D eigenvalue weighted by Crippen LogP contribution is 2.33. The Kier molecular flexibility index (Phi) is 2.94. The maximum absolute atomic E-state index is 12.1. The van der Waals surface area contributed by atoms with Crippen LogP contribution in [-0.4, -0.2) is 22.8 Å². The van der Waals surface area contributed by atoms with Crippen LogP contribution in [-0.2, 0) is 4.79 Å². The lowest BCUT2D eigenvalue weighted by molar-refractivity contribution is -0.174. The molecule has 0 saturated heterocycles. The summed E-state index contributed by atoms with van der Waals surface area (Å²) in [6.07, 6.45) is -4.51. The number of hydrogen-bond acceptors (Lipinski definition) is 3. The predicted molar refractivity (Wildman–Crippen MR) is 38.6 cm³/mol. The Morgan fingerprint density at radius 2 is 1.85 bits per heavy atom. The van der Waals surface area contributed by atoms with Crippen molar-refractivity contribution in [1.29, 1.82) is 0 Å². The average molecular weight is 198 g/mol. The fraction of sp³-hybridized carbons (Fsp3) is 0.500. The minimum absolute atomic E-state index is 0.343. The van der Waals surface area contributed by atoms with E-state index in [2.05, 4.69) is 0 Å². The molecule has 13 heavy (non-hydrogen) atoms. The Labute approximate surface area is 72.0 Å². The number of rotatable bonds is 2. The van der Waals surface area contributed by atoms with E-state index in [0.717, 1.165) is 0 Å². The fourth-order valence-electron chi connectivity index (χ4n) is 0.619. The lowest BCUT2D eigenvalue weighted by atomic mass is 9.93. The molecule has 0 aromatic rings. The van der Waals surface area contributed by atoms with Gasteiger partial charge in [0.05, 0.1) is 5.57 Å². The maximum Gasteiger partial charge on any atom is 0.410 e. The first-order valence-electron chi connectivity index (χ1n) is 3.16. The number of carboxylic acid groups (broad SMARTS) is 1. The molecule has 0 saturated carbocycles. The van der Waals surface area contributed by atoms with Crippen molar-refractivity contribution in [2.45, 2.75) is 18.6 Å². The molecule has 0 aliphatic rings. The quantitative estimate of drug-likeness (QED) is 0.552. The molecular weight excluding hydrogens is 189 g/mol. The lowest BCUT2D eigenvalue weighted by Crippen LogP contribution is -2.54. The van der Waals surface area contributed by atoms with Crippen molar-refractivity contribution in [3.63, 3.8) is 0 Å². The van der Waals surface area contributed by atoms with E-state index >= 15 is 0 Å². The smallest absolute Gasteiger partial charge is 0.410 e. The molecule has 0 aromatic heterocycles. The Bertz CT molecular complexity index is 245. The molecule has 0 aliphatic heterocycles. The highest BCUT2D eigenvalue weighted by atomic mass is 19.4. The molecule has 5 N–H and O–H groups in total. The van der Waals surface area contributed by atoms with Gasteiger partial charge in [-0.05, 0) is 6.92 Å². The summed E-state index contributed by atoms with van der Waals surface area (Å²) in [5.74, 6) is -1.79. The molecule has 0 radical (unpaired) electrons. The van der Waals surface area contributed by atoms with Crippen LogP contribution in [0, 0.1) is 0 Å². The number of halogens is 3. The predicted octanol–water partition coefficient (Wildman–Crippen LogP) is 0.193. The zero-order chi connectivity index (χ0) is 10.9. The van der Waals surface area contributed by atoms with Gasteiger partial charge >= 0.3 is 12.1 Å². The lowest BCUT2D eigenvalue weighted by Gasteiger charge is -2.27. The fourth-order valence-corrected chi connectivity index (χ4v) is 0.619. The van der Waals surface area contributed by atoms with Gasteiger partial charge < -0.3 is 16.6 Å². The third-order valence-electron chi connectivity index (χ3n) is 1.55. The normalized spacial score (nSPS) is 18.1. The van der Waals surface area contributed by atoms with Crippen LogP contribution in [0.15, 0.2) is 11.8 Å². The van der Waals surface area contributed by atoms with Crippen molar-refractivity contribution in [3.8, 4) is 0 Å². The Hall–Kier alpha value is -1.24. The van der Waals surface area contributed by atoms with Crippen molar-refractivity contribution in [2.24, 2.45) is 11.5 Å². The Morgan fingerprint density at radius 1 is 1.46 bits per heavy atom. The van der Waals surface area contributed by atoms with Crippen LogP contribution in [0.4, 0.5) is 13.2 Å².